The molecule has 160 valence electrons. The number of nitrogens with one attached hydrogen (secondary N) is 1. The van der Waals surface area contributed by atoms with Gasteiger partial charge in [-0.25, -0.2) is 13.8 Å². The van der Waals surface area contributed by atoms with Crippen LogP contribution in [0.15, 0.2) is 15.8 Å². The lowest BCUT2D eigenvalue weighted by atomic mass is 9.89. The van der Waals surface area contributed by atoms with Gasteiger partial charge in [0.05, 0.1) is 18.2 Å². The van der Waals surface area contributed by atoms with Gasteiger partial charge in [-0.2, -0.15) is 4.39 Å². The average molecular weight is 414 g/mol. The fourth-order valence-corrected chi connectivity index (χ4v) is 4.47. The number of carbonyl (C=O) groups is 3. The van der Waals surface area contributed by atoms with E-state index in [1.807, 2.05) is 0 Å². The maximum absolute atomic E-state index is 14.0. The number of quaternary nitrogens is 1. The first-order valence-electron chi connectivity index (χ1n) is 8.61. The van der Waals surface area contributed by atoms with Crippen LogP contribution in [-0.4, -0.2) is 49.2 Å². The van der Waals surface area contributed by atoms with E-state index in [0.717, 1.165) is 13.8 Å². The summed E-state index contributed by atoms with van der Waals surface area (Å²) in [5.41, 5.74) is -6.28. The summed E-state index contributed by atoms with van der Waals surface area (Å²) in [4.78, 5) is 61.8. The number of ether oxygens (including phenoxy) is 1. The number of halogens is 1. The normalized spacial score (nSPS) is 29.4. The molecule has 12 heteroatoms. The van der Waals surface area contributed by atoms with Gasteiger partial charge in [0.15, 0.2) is 6.10 Å². The number of likely N-dealkylation sites (tertiary alicyclic amines) is 1. The first-order chi connectivity index (χ1) is 13.1. The third-order valence-electron chi connectivity index (χ3n) is 5.42. The molecule has 1 N–H and O–H groups in total. The zero-order chi connectivity index (χ0) is 22.5. The van der Waals surface area contributed by atoms with Crippen molar-refractivity contribution in [3.63, 3.8) is 0 Å². The van der Waals surface area contributed by atoms with Crippen LogP contribution < -0.4 is 21.5 Å². The highest BCUT2D eigenvalue weighted by Crippen LogP contribution is 2.53. The molecule has 1 amide bonds. The number of carbonyl (C=O) groups excluding carboxylic acids is 3. The lowest BCUT2D eigenvalue weighted by Gasteiger charge is -2.57. The molecule has 1 unspecified atom stereocenters. The lowest BCUT2D eigenvalue weighted by molar-refractivity contribution is -0.979. The molecule has 0 aliphatic carbocycles. The highest BCUT2D eigenvalue weighted by molar-refractivity contribution is 5.78. The number of esters is 1. The molecule has 0 spiro atoms. The van der Waals surface area contributed by atoms with E-state index in [9.17, 15) is 38.6 Å². The van der Waals surface area contributed by atoms with Crippen LogP contribution in [0.1, 0.15) is 47.2 Å². The summed E-state index contributed by atoms with van der Waals surface area (Å²) < 4.78 is 18.2. The predicted molar refractivity (Wildman–Crippen MR) is 89.3 cm³/mol. The van der Waals surface area contributed by atoms with Crippen molar-refractivity contribution in [3.8, 4) is 0 Å². The summed E-state index contributed by atoms with van der Waals surface area (Å²) in [7, 11) is 0. The van der Waals surface area contributed by atoms with Gasteiger partial charge in [0, 0.05) is 6.92 Å². The quantitative estimate of drug-likeness (QED) is 0.438. The van der Waals surface area contributed by atoms with Crippen LogP contribution in [0.3, 0.4) is 0 Å². The van der Waals surface area contributed by atoms with E-state index in [4.69, 9.17) is 4.74 Å². The molecule has 2 heterocycles. The van der Waals surface area contributed by atoms with E-state index >= 15 is 0 Å². The number of carboxylic acid groups (broad SMARTS) is 2. The van der Waals surface area contributed by atoms with Crippen LogP contribution in [0.5, 0.6) is 0 Å². The maximum Gasteiger partial charge on any atom is 0.333 e. The molecule has 29 heavy (non-hydrogen) atoms. The second-order valence-corrected chi connectivity index (χ2v) is 8.13. The number of amides is 1. The highest BCUT2D eigenvalue weighted by atomic mass is 19.1. The van der Waals surface area contributed by atoms with Crippen molar-refractivity contribution >= 4 is 18.0 Å². The fraction of sp³-hybridized carbons (Fsp3) is 0.588. The van der Waals surface area contributed by atoms with Crippen LogP contribution in [0.25, 0.3) is 0 Å². The number of H-pyrrole nitrogens is 1. The van der Waals surface area contributed by atoms with Gasteiger partial charge in [0.1, 0.15) is 11.5 Å². The number of nitrogens with zero attached hydrogens (tertiary/aromatic N) is 2. The van der Waals surface area contributed by atoms with Crippen molar-refractivity contribution in [3.05, 3.63) is 32.9 Å². The van der Waals surface area contributed by atoms with E-state index in [1.165, 1.54) is 20.8 Å². The third-order valence-corrected chi connectivity index (χ3v) is 5.42. The Balaban J connectivity index is 3.03. The zero-order valence-corrected chi connectivity index (χ0v) is 16.5. The summed E-state index contributed by atoms with van der Waals surface area (Å²) in [6.45, 7) is 6.19. The SMILES string of the molecule is CC(=O)O[C@@H]1C[C@@](C)(C(=O)[O-])[N+](C(=O)[O-])(C(C)(C)C)[C@H]1n1cc(F)c(=O)[nH]c1=O. The molecule has 1 saturated heterocycles. The first-order valence-corrected chi connectivity index (χ1v) is 8.61. The molecular formula is C17H21FN3O8-. The monoisotopic (exact) mass is 414 g/mol. The molecule has 1 aliphatic heterocycles. The van der Waals surface area contributed by atoms with Crippen LogP contribution in [0.4, 0.5) is 9.18 Å². The molecule has 1 aliphatic rings. The number of hydrogen-bond acceptors (Lipinski definition) is 8. The number of carboxylic acids is 1. The summed E-state index contributed by atoms with van der Waals surface area (Å²) in [5, 5.41) is 24.6. The highest BCUT2D eigenvalue weighted by Gasteiger charge is 2.71. The molecule has 1 aromatic rings. The van der Waals surface area contributed by atoms with E-state index in [2.05, 4.69) is 0 Å². The van der Waals surface area contributed by atoms with Crippen LogP contribution >= 0.6 is 0 Å². The Bertz CT molecular complexity index is 994. The van der Waals surface area contributed by atoms with Crippen molar-refractivity contribution in [2.45, 2.75) is 64.4 Å². The van der Waals surface area contributed by atoms with Crippen LogP contribution in [-0.2, 0) is 14.3 Å². The molecule has 0 aromatic carbocycles. The Hall–Kier alpha value is -3.02. The summed E-state index contributed by atoms with van der Waals surface area (Å²) in [6, 6.07) is 0. The van der Waals surface area contributed by atoms with E-state index in [1.54, 1.807) is 4.98 Å². The lowest BCUT2D eigenvalue weighted by Crippen LogP contribution is -2.79. The van der Waals surface area contributed by atoms with Crippen molar-refractivity contribution in [1.82, 2.24) is 9.55 Å². The fourth-order valence-electron chi connectivity index (χ4n) is 4.47. The maximum atomic E-state index is 14.0. The third kappa shape index (κ3) is 3.03. The molecule has 0 saturated carbocycles. The van der Waals surface area contributed by atoms with Crippen molar-refractivity contribution in [1.29, 1.82) is 0 Å². The van der Waals surface area contributed by atoms with Gasteiger partial charge in [-0.15, -0.1) is 0 Å². The van der Waals surface area contributed by atoms with Gasteiger partial charge in [-0.3, -0.25) is 14.6 Å². The first kappa shape index (κ1) is 22.3. The molecule has 11 nitrogen and oxygen atoms in total. The minimum absolute atomic E-state index is 0.449. The second-order valence-electron chi connectivity index (χ2n) is 8.13. The Labute approximate surface area is 163 Å². The van der Waals surface area contributed by atoms with Crippen LogP contribution in [0.2, 0.25) is 0 Å². The Morgan fingerprint density at radius 1 is 1.31 bits per heavy atom. The van der Waals surface area contributed by atoms with Crippen LogP contribution in [0, 0.1) is 5.82 Å². The minimum Gasteiger partial charge on any atom is -0.544 e. The zero-order valence-electron chi connectivity index (χ0n) is 16.5. The van der Waals surface area contributed by atoms with E-state index in [-0.39, 0.29) is 0 Å². The smallest absolute Gasteiger partial charge is 0.333 e. The Morgan fingerprint density at radius 2 is 1.86 bits per heavy atom. The summed E-state index contributed by atoms with van der Waals surface area (Å²) >= 11 is 0. The number of hydrogen-bond donors (Lipinski definition) is 1. The van der Waals surface area contributed by atoms with Crippen molar-refractivity contribution < 1.29 is 38.2 Å². The van der Waals surface area contributed by atoms with Crippen molar-refractivity contribution in [2.24, 2.45) is 0 Å². The Kier molecular flexibility index (Phi) is 5.22. The second kappa shape index (κ2) is 6.79. The topological polar surface area (TPSA) is 161 Å². The summed E-state index contributed by atoms with van der Waals surface area (Å²) in [6.07, 6.45) is -5.30. The predicted octanol–water partition coefficient (Wildman–Crippen LogP) is -2.02. The van der Waals surface area contributed by atoms with Gasteiger partial charge in [0.2, 0.25) is 12.0 Å². The molecule has 4 atom stereocenters. The van der Waals surface area contributed by atoms with E-state index < -0.39 is 69.3 Å². The largest absolute Gasteiger partial charge is 0.544 e. The van der Waals surface area contributed by atoms with Gasteiger partial charge in [0.25, 0.3) is 11.7 Å². The number of rotatable bonds is 3. The summed E-state index contributed by atoms with van der Waals surface area (Å²) in [5.74, 6) is -4.10. The van der Waals surface area contributed by atoms with Crippen molar-refractivity contribution in [2.75, 3.05) is 0 Å². The Morgan fingerprint density at radius 3 is 2.28 bits per heavy atom. The van der Waals surface area contributed by atoms with E-state index in [0.29, 0.717) is 10.8 Å². The molecule has 1 aromatic heterocycles. The molecule has 0 bridgehead atoms. The molecular weight excluding hydrogens is 393 g/mol. The standard InChI is InChI=1S/C17H22FN3O8/c1-8(22)29-10-6-17(5,13(24)25)21(15(27)28,16(2,3)4)12(10)20-7-9(18)11(23)19-14(20)26/h7,10,12H,6H2,1-5H3,(H2-,19,23,24,25,26,27,28)/p-1/t10-,12-,17+,21?/m1/s1. The average Bonchev–Trinajstić information content (AvgIpc) is 2.80. The molecule has 2 rings (SSSR count). The van der Waals surface area contributed by atoms with Gasteiger partial charge < -0.3 is 24.5 Å². The van der Waals surface area contributed by atoms with Gasteiger partial charge >= 0.3 is 11.7 Å². The number of aliphatic carboxylic acids is 1. The minimum atomic E-state index is -2.24. The number of aromatic amines is 1. The van der Waals surface area contributed by atoms with Gasteiger partial charge in [-0.05, 0) is 27.7 Å². The van der Waals surface area contributed by atoms with Gasteiger partial charge in [-0.1, -0.05) is 0 Å². The molecule has 1 fully saturated rings. The molecule has 0 radical (unpaired) electrons. The number of aromatic nitrogens is 2.